The Labute approximate surface area is 150 Å². The molecule has 128 valence electrons. The highest BCUT2D eigenvalue weighted by Crippen LogP contribution is 2.43. The summed E-state index contributed by atoms with van der Waals surface area (Å²) in [7, 11) is 0. The quantitative estimate of drug-likeness (QED) is 0.773. The molecule has 2 aliphatic carbocycles. The fourth-order valence-corrected chi connectivity index (χ4v) is 5.11. The fraction of sp³-hybridized carbons (Fsp3) is 0.435. The van der Waals surface area contributed by atoms with E-state index < -0.39 is 0 Å². The van der Waals surface area contributed by atoms with Crippen LogP contribution in [-0.2, 0) is 6.42 Å². The zero-order chi connectivity index (χ0) is 16.6. The van der Waals surface area contributed by atoms with Crippen LogP contribution in [0.1, 0.15) is 54.7 Å². The van der Waals surface area contributed by atoms with Crippen LogP contribution in [0.5, 0.6) is 0 Å². The van der Waals surface area contributed by atoms with Gasteiger partial charge < -0.3 is 0 Å². The van der Waals surface area contributed by atoms with E-state index in [9.17, 15) is 0 Å². The Morgan fingerprint density at radius 2 is 1.64 bits per heavy atom. The van der Waals surface area contributed by atoms with Gasteiger partial charge in [0.25, 0.3) is 0 Å². The maximum absolute atomic E-state index is 5.19. The maximum atomic E-state index is 5.19. The monoisotopic (exact) mass is 330 g/mol. The van der Waals surface area contributed by atoms with E-state index in [0.717, 1.165) is 18.9 Å². The Bertz CT molecular complexity index is 774. The molecule has 25 heavy (non-hydrogen) atoms. The summed E-state index contributed by atoms with van der Waals surface area (Å²) in [5.41, 5.74) is 5.60. The normalized spacial score (nSPS) is 25.6. The molecule has 1 heterocycles. The Morgan fingerprint density at radius 1 is 0.880 bits per heavy atom. The van der Waals surface area contributed by atoms with Crippen LogP contribution in [0, 0.1) is 5.92 Å². The molecular formula is C23H26N2. The molecule has 1 fully saturated rings. The first-order valence-corrected chi connectivity index (χ1v) is 9.88. The van der Waals surface area contributed by atoms with Gasteiger partial charge in [0, 0.05) is 6.54 Å². The number of fused-ring (bicyclic) bond motifs is 3. The van der Waals surface area contributed by atoms with Gasteiger partial charge in [-0.1, -0.05) is 73.9 Å². The highest BCUT2D eigenvalue weighted by Gasteiger charge is 2.44. The SMILES string of the molecule is c1ccc(C2=NN(CC3CCCCC3)C3Cc4ccccc4C23)cc1. The van der Waals surface area contributed by atoms with Crippen LogP contribution >= 0.6 is 0 Å². The van der Waals surface area contributed by atoms with Crippen molar-refractivity contribution in [3.63, 3.8) is 0 Å². The lowest BCUT2D eigenvalue weighted by Crippen LogP contribution is -2.34. The van der Waals surface area contributed by atoms with Gasteiger partial charge in [-0.2, -0.15) is 5.10 Å². The molecule has 0 saturated heterocycles. The van der Waals surface area contributed by atoms with Crippen molar-refractivity contribution in [1.29, 1.82) is 0 Å². The van der Waals surface area contributed by atoms with Crippen LogP contribution in [0.4, 0.5) is 0 Å². The number of rotatable bonds is 3. The Morgan fingerprint density at radius 3 is 2.48 bits per heavy atom. The van der Waals surface area contributed by atoms with Crippen LogP contribution in [-0.4, -0.2) is 23.3 Å². The zero-order valence-electron chi connectivity index (χ0n) is 14.8. The summed E-state index contributed by atoms with van der Waals surface area (Å²) in [6.45, 7) is 1.14. The minimum atomic E-state index is 0.446. The minimum Gasteiger partial charge on any atom is -0.292 e. The topological polar surface area (TPSA) is 15.6 Å². The summed E-state index contributed by atoms with van der Waals surface area (Å²) < 4.78 is 0. The number of benzene rings is 2. The minimum absolute atomic E-state index is 0.446. The summed E-state index contributed by atoms with van der Waals surface area (Å²) >= 11 is 0. The van der Waals surface area contributed by atoms with Crippen molar-refractivity contribution in [2.75, 3.05) is 6.54 Å². The van der Waals surface area contributed by atoms with Gasteiger partial charge in [-0.25, -0.2) is 0 Å². The number of hydrogen-bond donors (Lipinski definition) is 0. The highest BCUT2D eigenvalue weighted by molar-refractivity contribution is 6.07. The smallest absolute Gasteiger partial charge is 0.0773 e. The van der Waals surface area contributed by atoms with E-state index in [1.165, 1.54) is 54.5 Å². The molecule has 0 radical (unpaired) electrons. The van der Waals surface area contributed by atoms with Crippen LogP contribution in [0.25, 0.3) is 0 Å². The summed E-state index contributed by atoms with van der Waals surface area (Å²) in [6.07, 6.45) is 8.15. The lowest BCUT2D eigenvalue weighted by Gasteiger charge is -2.30. The first kappa shape index (κ1) is 15.2. The average molecular weight is 330 g/mol. The van der Waals surface area contributed by atoms with Gasteiger partial charge in [0.1, 0.15) is 0 Å². The summed E-state index contributed by atoms with van der Waals surface area (Å²) in [4.78, 5) is 0. The number of hydrazone groups is 1. The average Bonchev–Trinajstić information content (AvgIpc) is 3.21. The van der Waals surface area contributed by atoms with Crippen LogP contribution in [0.15, 0.2) is 59.7 Å². The van der Waals surface area contributed by atoms with Crippen molar-refractivity contribution in [2.24, 2.45) is 11.0 Å². The third-order valence-corrected chi connectivity index (χ3v) is 6.36. The maximum Gasteiger partial charge on any atom is 0.0773 e. The molecule has 2 unspecified atom stereocenters. The van der Waals surface area contributed by atoms with Crippen molar-refractivity contribution >= 4 is 5.71 Å². The summed E-state index contributed by atoms with van der Waals surface area (Å²) in [5, 5.41) is 7.65. The second-order valence-electron chi connectivity index (χ2n) is 7.93. The number of hydrogen-bond acceptors (Lipinski definition) is 2. The molecule has 0 bridgehead atoms. The molecule has 1 saturated carbocycles. The molecule has 2 heteroatoms. The first-order chi connectivity index (χ1) is 12.4. The summed E-state index contributed by atoms with van der Waals surface area (Å²) in [5.74, 6) is 1.28. The van der Waals surface area contributed by atoms with Gasteiger partial charge in [-0.15, -0.1) is 0 Å². The largest absolute Gasteiger partial charge is 0.292 e. The predicted octanol–water partition coefficient (Wildman–Crippen LogP) is 5.00. The molecule has 3 aliphatic rings. The molecule has 0 spiro atoms. The molecule has 0 aromatic heterocycles. The third kappa shape index (κ3) is 2.68. The second-order valence-corrected chi connectivity index (χ2v) is 7.93. The van der Waals surface area contributed by atoms with Crippen molar-refractivity contribution in [3.8, 4) is 0 Å². The van der Waals surface area contributed by atoms with Crippen molar-refractivity contribution < 1.29 is 0 Å². The van der Waals surface area contributed by atoms with Gasteiger partial charge in [-0.05, 0) is 41.9 Å². The van der Waals surface area contributed by atoms with E-state index in [-0.39, 0.29) is 0 Å². The predicted molar refractivity (Wildman–Crippen MR) is 103 cm³/mol. The zero-order valence-corrected chi connectivity index (χ0v) is 14.8. The first-order valence-electron chi connectivity index (χ1n) is 9.88. The summed E-state index contributed by atoms with van der Waals surface area (Å²) in [6, 6.07) is 20.3. The Hall–Kier alpha value is -2.09. The Kier molecular flexibility index (Phi) is 3.84. The van der Waals surface area contributed by atoms with Gasteiger partial charge >= 0.3 is 0 Å². The Balaban J connectivity index is 1.50. The van der Waals surface area contributed by atoms with Crippen LogP contribution in [0.3, 0.4) is 0 Å². The molecule has 2 atom stereocenters. The van der Waals surface area contributed by atoms with E-state index in [2.05, 4.69) is 59.6 Å². The standard InChI is InChI=1S/C23H26N2/c1-3-9-17(10-4-1)16-25-21-15-19-13-7-8-14-20(19)22(21)23(24-25)18-11-5-2-6-12-18/h2,5-8,11-14,17,21-22H,1,3-4,9-10,15-16H2. The molecular weight excluding hydrogens is 304 g/mol. The van der Waals surface area contributed by atoms with E-state index in [1.54, 1.807) is 0 Å². The molecule has 2 aromatic carbocycles. The molecule has 5 rings (SSSR count). The molecule has 2 nitrogen and oxygen atoms in total. The van der Waals surface area contributed by atoms with E-state index in [1.807, 2.05) is 0 Å². The molecule has 1 aliphatic heterocycles. The van der Waals surface area contributed by atoms with E-state index in [4.69, 9.17) is 5.10 Å². The van der Waals surface area contributed by atoms with Crippen molar-refractivity contribution in [3.05, 3.63) is 71.3 Å². The lowest BCUT2D eigenvalue weighted by molar-refractivity contribution is 0.169. The fourth-order valence-electron chi connectivity index (χ4n) is 5.11. The second kappa shape index (κ2) is 6.33. The lowest BCUT2D eigenvalue weighted by atomic mass is 9.87. The van der Waals surface area contributed by atoms with Crippen molar-refractivity contribution in [2.45, 2.75) is 50.5 Å². The van der Waals surface area contributed by atoms with E-state index in [0.29, 0.717) is 12.0 Å². The van der Waals surface area contributed by atoms with Gasteiger partial charge in [0.2, 0.25) is 0 Å². The van der Waals surface area contributed by atoms with Gasteiger partial charge in [0.05, 0.1) is 17.7 Å². The van der Waals surface area contributed by atoms with Crippen molar-refractivity contribution in [1.82, 2.24) is 5.01 Å². The van der Waals surface area contributed by atoms with Gasteiger partial charge in [-0.3, -0.25) is 5.01 Å². The molecule has 2 aromatic rings. The third-order valence-electron chi connectivity index (χ3n) is 6.36. The van der Waals surface area contributed by atoms with Gasteiger partial charge in [0.15, 0.2) is 0 Å². The van der Waals surface area contributed by atoms with E-state index >= 15 is 0 Å². The van der Waals surface area contributed by atoms with Crippen LogP contribution < -0.4 is 0 Å². The van der Waals surface area contributed by atoms with Crippen LogP contribution in [0.2, 0.25) is 0 Å². The number of nitrogens with zero attached hydrogens (tertiary/aromatic N) is 2. The highest BCUT2D eigenvalue weighted by atomic mass is 15.5. The molecule has 0 N–H and O–H groups in total. The molecule has 0 amide bonds.